The molecule has 0 radical (unpaired) electrons. The molecule has 0 aliphatic carbocycles. The number of aryl methyl sites for hydroxylation is 1. The molecule has 126 valence electrons. The van der Waals surface area contributed by atoms with Crippen LogP contribution >= 0.6 is 0 Å². The highest BCUT2D eigenvalue weighted by Crippen LogP contribution is 2.18. The molecule has 2 rings (SSSR count). The Balaban J connectivity index is 1.78. The number of hydrogen-bond donors (Lipinski definition) is 2. The number of amides is 1. The molecule has 0 aliphatic heterocycles. The SMILES string of the molecule is COc1cccc(C(O)CNC(=O)C/C=C/c2ccc(C)cc2)c1. The van der Waals surface area contributed by atoms with E-state index in [0.717, 1.165) is 5.56 Å². The lowest BCUT2D eigenvalue weighted by Gasteiger charge is -2.12. The Morgan fingerprint density at radius 2 is 2.00 bits per heavy atom. The third kappa shape index (κ3) is 5.56. The maximum atomic E-state index is 11.8. The first-order valence-corrected chi connectivity index (χ1v) is 7.90. The van der Waals surface area contributed by atoms with Crippen LogP contribution < -0.4 is 10.1 Å². The standard InChI is InChI=1S/C20H23NO3/c1-15-9-11-16(12-10-15)5-3-8-20(23)21-14-19(22)17-6-4-7-18(13-17)24-2/h3-7,9-13,19,22H,8,14H2,1-2H3,(H,21,23)/b5-3+. The summed E-state index contributed by atoms with van der Waals surface area (Å²) in [5.41, 5.74) is 2.98. The van der Waals surface area contributed by atoms with Crippen molar-refractivity contribution < 1.29 is 14.6 Å². The fourth-order valence-electron chi connectivity index (χ4n) is 2.23. The van der Waals surface area contributed by atoms with Crippen LogP contribution in [-0.2, 0) is 4.79 Å². The van der Waals surface area contributed by atoms with Gasteiger partial charge in [0.05, 0.1) is 13.2 Å². The maximum absolute atomic E-state index is 11.8. The van der Waals surface area contributed by atoms with Gasteiger partial charge in [-0.05, 0) is 30.2 Å². The lowest BCUT2D eigenvalue weighted by atomic mass is 10.1. The molecule has 0 aliphatic rings. The average molecular weight is 325 g/mol. The molecule has 24 heavy (non-hydrogen) atoms. The summed E-state index contributed by atoms with van der Waals surface area (Å²) in [6, 6.07) is 15.3. The highest BCUT2D eigenvalue weighted by molar-refractivity contribution is 5.78. The maximum Gasteiger partial charge on any atom is 0.223 e. The number of aliphatic hydroxyl groups is 1. The topological polar surface area (TPSA) is 58.6 Å². The molecule has 0 spiro atoms. The Kier molecular flexibility index (Phi) is 6.58. The van der Waals surface area contributed by atoms with Crippen LogP contribution in [0.4, 0.5) is 0 Å². The highest BCUT2D eigenvalue weighted by Gasteiger charge is 2.09. The van der Waals surface area contributed by atoms with E-state index in [1.165, 1.54) is 5.56 Å². The Morgan fingerprint density at radius 1 is 1.25 bits per heavy atom. The van der Waals surface area contributed by atoms with E-state index >= 15 is 0 Å². The predicted molar refractivity (Wildman–Crippen MR) is 95.8 cm³/mol. The quantitative estimate of drug-likeness (QED) is 0.821. The van der Waals surface area contributed by atoms with Gasteiger partial charge in [-0.15, -0.1) is 0 Å². The molecule has 0 fully saturated rings. The second-order valence-corrected chi connectivity index (χ2v) is 5.61. The first kappa shape index (κ1) is 17.8. The zero-order valence-corrected chi connectivity index (χ0v) is 14.0. The molecule has 0 bridgehead atoms. The minimum absolute atomic E-state index is 0.125. The number of carbonyl (C=O) groups is 1. The van der Waals surface area contributed by atoms with Gasteiger partial charge in [0, 0.05) is 13.0 Å². The van der Waals surface area contributed by atoms with Crippen LogP contribution in [0.2, 0.25) is 0 Å². The Hall–Kier alpha value is -2.59. The van der Waals surface area contributed by atoms with E-state index in [9.17, 15) is 9.90 Å². The molecule has 0 saturated heterocycles. The third-order valence-electron chi connectivity index (χ3n) is 3.66. The number of aliphatic hydroxyl groups excluding tert-OH is 1. The van der Waals surface area contributed by atoms with Crippen molar-refractivity contribution in [2.45, 2.75) is 19.4 Å². The molecule has 1 unspecified atom stereocenters. The number of nitrogens with one attached hydrogen (secondary N) is 1. The Labute approximate surface area is 142 Å². The minimum Gasteiger partial charge on any atom is -0.497 e. The van der Waals surface area contributed by atoms with Crippen LogP contribution in [-0.4, -0.2) is 24.7 Å². The molecule has 1 amide bonds. The molecule has 4 heteroatoms. The number of ether oxygens (including phenoxy) is 1. The molecule has 2 N–H and O–H groups in total. The van der Waals surface area contributed by atoms with Crippen molar-refractivity contribution in [2.24, 2.45) is 0 Å². The zero-order valence-electron chi connectivity index (χ0n) is 14.0. The zero-order chi connectivity index (χ0) is 17.4. The van der Waals surface area contributed by atoms with Gasteiger partial charge in [-0.25, -0.2) is 0 Å². The second-order valence-electron chi connectivity index (χ2n) is 5.61. The first-order chi connectivity index (χ1) is 11.6. The van der Waals surface area contributed by atoms with Gasteiger partial charge in [0.25, 0.3) is 0 Å². The monoisotopic (exact) mass is 325 g/mol. The van der Waals surface area contributed by atoms with Gasteiger partial charge in [-0.3, -0.25) is 4.79 Å². The summed E-state index contributed by atoms with van der Waals surface area (Å²) in [7, 11) is 1.58. The van der Waals surface area contributed by atoms with E-state index in [0.29, 0.717) is 11.3 Å². The number of carbonyl (C=O) groups excluding carboxylic acids is 1. The summed E-state index contributed by atoms with van der Waals surface area (Å²) < 4.78 is 5.13. The molecular formula is C20H23NO3. The summed E-state index contributed by atoms with van der Waals surface area (Å²) >= 11 is 0. The van der Waals surface area contributed by atoms with Crippen molar-refractivity contribution in [1.82, 2.24) is 5.32 Å². The largest absolute Gasteiger partial charge is 0.497 e. The Morgan fingerprint density at radius 3 is 2.71 bits per heavy atom. The lowest BCUT2D eigenvalue weighted by Crippen LogP contribution is -2.27. The van der Waals surface area contributed by atoms with Crippen molar-refractivity contribution in [3.63, 3.8) is 0 Å². The van der Waals surface area contributed by atoms with E-state index in [-0.39, 0.29) is 18.9 Å². The van der Waals surface area contributed by atoms with Gasteiger partial charge in [0.15, 0.2) is 0 Å². The summed E-state index contributed by atoms with van der Waals surface area (Å²) in [6.07, 6.45) is 3.25. The molecule has 4 nitrogen and oxygen atoms in total. The van der Waals surface area contributed by atoms with Gasteiger partial charge in [0.2, 0.25) is 5.91 Å². The third-order valence-corrected chi connectivity index (χ3v) is 3.66. The van der Waals surface area contributed by atoms with Crippen LogP contribution in [0, 0.1) is 6.92 Å². The van der Waals surface area contributed by atoms with Gasteiger partial charge < -0.3 is 15.2 Å². The van der Waals surface area contributed by atoms with E-state index in [4.69, 9.17) is 4.74 Å². The van der Waals surface area contributed by atoms with Gasteiger partial charge in [-0.1, -0.05) is 54.1 Å². The number of benzene rings is 2. The van der Waals surface area contributed by atoms with Crippen LogP contribution in [0.1, 0.15) is 29.2 Å². The molecular weight excluding hydrogens is 302 g/mol. The van der Waals surface area contributed by atoms with Crippen LogP contribution in [0.3, 0.4) is 0 Å². The fourth-order valence-corrected chi connectivity index (χ4v) is 2.23. The summed E-state index contributed by atoms with van der Waals surface area (Å²) in [5, 5.41) is 12.9. The highest BCUT2D eigenvalue weighted by atomic mass is 16.5. The smallest absolute Gasteiger partial charge is 0.223 e. The summed E-state index contributed by atoms with van der Waals surface area (Å²) in [4.78, 5) is 11.8. The van der Waals surface area contributed by atoms with E-state index in [2.05, 4.69) is 5.32 Å². The van der Waals surface area contributed by atoms with Crippen LogP contribution in [0.5, 0.6) is 5.75 Å². The van der Waals surface area contributed by atoms with Crippen LogP contribution in [0.15, 0.2) is 54.6 Å². The van der Waals surface area contributed by atoms with Crippen LogP contribution in [0.25, 0.3) is 6.08 Å². The lowest BCUT2D eigenvalue weighted by molar-refractivity contribution is -0.120. The van der Waals surface area contributed by atoms with Crippen molar-refractivity contribution in [1.29, 1.82) is 0 Å². The van der Waals surface area contributed by atoms with Crippen molar-refractivity contribution in [3.8, 4) is 5.75 Å². The van der Waals surface area contributed by atoms with Crippen molar-refractivity contribution in [3.05, 3.63) is 71.3 Å². The Bertz CT molecular complexity index is 692. The second kappa shape index (κ2) is 8.89. The fraction of sp³-hybridized carbons (Fsp3) is 0.250. The van der Waals surface area contributed by atoms with Gasteiger partial charge in [-0.2, -0.15) is 0 Å². The number of hydrogen-bond acceptors (Lipinski definition) is 3. The molecule has 0 heterocycles. The number of rotatable bonds is 7. The average Bonchev–Trinajstić information content (AvgIpc) is 2.61. The molecule has 1 atom stereocenters. The molecule has 2 aromatic carbocycles. The summed E-state index contributed by atoms with van der Waals surface area (Å²) in [6.45, 7) is 2.21. The number of methoxy groups -OCH3 is 1. The van der Waals surface area contributed by atoms with Gasteiger partial charge in [0.1, 0.15) is 5.75 Å². The van der Waals surface area contributed by atoms with Gasteiger partial charge >= 0.3 is 0 Å². The molecule has 0 saturated carbocycles. The molecule has 0 aromatic heterocycles. The van der Waals surface area contributed by atoms with E-state index in [1.807, 2.05) is 55.5 Å². The molecule has 2 aromatic rings. The minimum atomic E-state index is -0.759. The van der Waals surface area contributed by atoms with Crippen molar-refractivity contribution >= 4 is 12.0 Å². The van der Waals surface area contributed by atoms with Crippen molar-refractivity contribution in [2.75, 3.05) is 13.7 Å². The predicted octanol–water partition coefficient (Wildman–Crippen LogP) is 3.26. The van der Waals surface area contributed by atoms with E-state index in [1.54, 1.807) is 19.2 Å². The summed E-state index contributed by atoms with van der Waals surface area (Å²) in [5.74, 6) is 0.555. The normalized spacial score (nSPS) is 12.1. The van der Waals surface area contributed by atoms with E-state index < -0.39 is 6.10 Å². The first-order valence-electron chi connectivity index (χ1n) is 7.90.